The first kappa shape index (κ1) is 17.3. The summed E-state index contributed by atoms with van der Waals surface area (Å²) in [6.07, 6.45) is -2.86. The minimum atomic E-state index is -1.62. The van der Waals surface area contributed by atoms with Gasteiger partial charge in [-0.1, -0.05) is 13.2 Å². The molecule has 0 aromatic carbocycles. The largest absolute Gasteiger partial charge is 0.458 e. The van der Waals surface area contributed by atoms with Gasteiger partial charge in [-0.15, -0.1) is 0 Å². The molecule has 0 heterocycles. The van der Waals surface area contributed by atoms with E-state index in [1.165, 1.54) is 6.92 Å². The van der Waals surface area contributed by atoms with Crippen LogP contribution in [-0.4, -0.2) is 58.8 Å². The Morgan fingerprint density at radius 1 is 1.37 bits per heavy atom. The third-order valence-corrected chi connectivity index (χ3v) is 2.10. The molecule has 0 amide bonds. The van der Waals surface area contributed by atoms with Gasteiger partial charge >= 0.3 is 11.9 Å². The molecule has 0 radical (unpaired) electrons. The Labute approximate surface area is 110 Å². The van der Waals surface area contributed by atoms with Gasteiger partial charge in [-0.25, -0.2) is 9.59 Å². The first-order chi connectivity index (χ1) is 8.83. The minimum absolute atomic E-state index is 0.237. The van der Waals surface area contributed by atoms with Crippen molar-refractivity contribution in [3.8, 4) is 0 Å². The van der Waals surface area contributed by atoms with Gasteiger partial charge in [0.1, 0.15) is 24.9 Å². The lowest BCUT2D eigenvalue weighted by atomic mass is 10.1. The number of rotatable bonds is 8. The Bertz CT molecular complexity index is 350. The fraction of sp³-hybridized carbons (Fsp3) is 0.500. The second kappa shape index (κ2) is 8.41. The standard InChI is InChI=1S/C12H18O7/c1-4-10(15)19-7(2)6-18-12(17)8(3)11(16)9(14)5-13/h4,7,9,11,13-14,16H,1,3,5-6H2,2H3. The topological polar surface area (TPSA) is 113 Å². The highest BCUT2D eigenvalue weighted by Gasteiger charge is 2.25. The number of hydrogen-bond acceptors (Lipinski definition) is 7. The zero-order valence-corrected chi connectivity index (χ0v) is 10.6. The average molecular weight is 274 g/mol. The maximum atomic E-state index is 11.4. The number of carbonyl (C=O) groups is 2. The highest BCUT2D eigenvalue weighted by atomic mass is 16.6. The molecule has 3 atom stereocenters. The Morgan fingerprint density at radius 3 is 2.42 bits per heavy atom. The molecular formula is C12H18O7. The van der Waals surface area contributed by atoms with E-state index in [-0.39, 0.29) is 6.61 Å². The molecule has 0 aliphatic rings. The third-order valence-electron chi connectivity index (χ3n) is 2.10. The number of ether oxygens (including phenoxy) is 2. The van der Waals surface area contributed by atoms with Crippen molar-refractivity contribution >= 4 is 11.9 Å². The summed E-state index contributed by atoms with van der Waals surface area (Å²) < 4.78 is 9.47. The van der Waals surface area contributed by atoms with Crippen molar-refractivity contribution in [2.45, 2.75) is 25.2 Å². The Kier molecular flexibility index (Phi) is 7.66. The van der Waals surface area contributed by atoms with E-state index in [2.05, 4.69) is 13.2 Å². The SMILES string of the molecule is C=CC(=O)OC(C)COC(=O)C(=C)C(O)C(O)CO. The van der Waals surface area contributed by atoms with Crippen LogP contribution in [0.1, 0.15) is 6.92 Å². The van der Waals surface area contributed by atoms with Crippen molar-refractivity contribution in [1.82, 2.24) is 0 Å². The van der Waals surface area contributed by atoms with Gasteiger partial charge in [0.25, 0.3) is 0 Å². The lowest BCUT2D eigenvalue weighted by molar-refractivity contribution is -0.153. The molecule has 0 aliphatic heterocycles. The van der Waals surface area contributed by atoms with Crippen LogP contribution in [0.3, 0.4) is 0 Å². The minimum Gasteiger partial charge on any atom is -0.458 e. The average Bonchev–Trinajstić information content (AvgIpc) is 2.41. The molecule has 0 saturated carbocycles. The zero-order chi connectivity index (χ0) is 15.0. The van der Waals surface area contributed by atoms with E-state index < -0.39 is 42.4 Å². The van der Waals surface area contributed by atoms with Crippen LogP contribution in [0.15, 0.2) is 24.8 Å². The van der Waals surface area contributed by atoms with Crippen molar-refractivity contribution in [1.29, 1.82) is 0 Å². The van der Waals surface area contributed by atoms with Gasteiger partial charge in [-0.3, -0.25) is 0 Å². The molecule has 0 saturated heterocycles. The Balaban J connectivity index is 4.20. The summed E-state index contributed by atoms with van der Waals surface area (Å²) >= 11 is 0. The van der Waals surface area contributed by atoms with Crippen molar-refractivity contribution in [2.75, 3.05) is 13.2 Å². The van der Waals surface area contributed by atoms with Crippen LogP contribution >= 0.6 is 0 Å². The second-order valence-corrected chi connectivity index (χ2v) is 3.77. The molecule has 0 aliphatic carbocycles. The smallest absolute Gasteiger partial charge is 0.336 e. The summed E-state index contributed by atoms with van der Waals surface area (Å²) in [4.78, 5) is 22.3. The summed E-state index contributed by atoms with van der Waals surface area (Å²) in [6.45, 7) is 7.01. The molecule has 0 aromatic rings. The molecule has 3 N–H and O–H groups in total. The highest BCUT2D eigenvalue weighted by molar-refractivity contribution is 5.89. The lowest BCUT2D eigenvalue weighted by Gasteiger charge is -2.18. The van der Waals surface area contributed by atoms with Crippen LogP contribution in [0.2, 0.25) is 0 Å². The molecule has 108 valence electrons. The monoisotopic (exact) mass is 274 g/mol. The van der Waals surface area contributed by atoms with Crippen LogP contribution in [0.25, 0.3) is 0 Å². The molecule has 0 aromatic heterocycles. The fourth-order valence-corrected chi connectivity index (χ4v) is 1.02. The van der Waals surface area contributed by atoms with Crippen molar-refractivity contribution in [2.24, 2.45) is 0 Å². The summed E-state index contributed by atoms with van der Waals surface area (Å²) in [5, 5.41) is 27.1. The van der Waals surface area contributed by atoms with E-state index >= 15 is 0 Å². The molecule has 3 unspecified atom stereocenters. The molecule has 0 rings (SSSR count). The molecule has 7 heteroatoms. The van der Waals surface area contributed by atoms with E-state index in [0.29, 0.717) is 0 Å². The second-order valence-electron chi connectivity index (χ2n) is 3.77. The quantitative estimate of drug-likeness (QED) is 0.381. The molecule has 7 nitrogen and oxygen atoms in total. The van der Waals surface area contributed by atoms with Gasteiger partial charge in [-0.05, 0) is 6.92 Å². The van der Waals surface area contributed by atoms with Gasteiger partial charge < -0.3 is 24.8 Å². The van der Waals surface area contributed by atoms with Crippen LogP contribution in [-0.2, 0) is 19.1 Å². The summed E-state index contributed by atoms with van der Waals surface area (Å²) in [7, 11) is 0. The van der Waals surface area contributed by atoms with E-state index in [1.807, 2.05) is 0 Å². The zero-order valence-electron chi connectivity index (χ0n) is 10.6. The van der Waals surface area contributed by atoms with Gasteiger partial charge in [0.15, 0.2) is 0 Å². The normalized spacial score (nSPS) is 14.9. The van der Waals surface area contributed by atoms with Crippen LogP contribution in [0.5, 0.6) is 0 Å². The molecule has 0 fully saturated rings. The van der Waals surface area contributed by atoms with Gasteiger partial charge in [-0.2, -0.15) is 0 Å². The number of carbonyl (C=O) groups excluding carboxylic acids is 2. The van der Waals surface area contributed by atoms with Gasteiger partial charge in [0.2, 0.25) is 0 Å². The first-order valence-electron chi connectivity index (χ1n) is 5.49. The van der Waals surface area contributed by atoms with Crippen molar-refractivity contribution in [3.05, 3.63) is 24.8 Å². The van der Waals surface area contributed by atoms with Gasteiger partial charge in [0.05, 0.1) is 12.2 Å². The van der Waals surface area contributed by atoms with Crippen LogP contribution in [0.4, 0.5) is 0 Å². The van der Waals surface area contributed by atoms with Crippen LogP contribution in [0, 0.1) is 0 Å². The van der Waals surface area contributed by atoms with E-state index in [0.717, 1.165) is 6.08 Å². The Morgan fingerprint density at radius 2 is 1.95 bits per heavy atom. The summed E-state index contributed by atoms with van der Waals surface area (Å²) in [6, 6.07) is 0. The lowest BCUT2D eigenvalue weighted by Crippen LogP contribution is -2.34. The molecule has 19 heavy (non-hydrogen) atoms. The summed E-state index contributed by atoms with van der Waals surface area (Å²) in [5.41, 5.74) is -0.399. The van der Waals surface area contributed by atoms with Crippen LogP contribution < -0.4 is 0 Å². The number of esters is 2. The molecular weight excluding hydrogens is 256 g/mol. The predicted molar refractivity (Wildman–Crippen MR) is 64.9 cm³/mol. The maximum Gasteiger partial charge on any atom is 0.336 e. The third kappa shape index (κ3) is 6.14. The Hall–Kier alpha value is -1.70. The number of aliphatic hydroxyl groups excluding tert-OH is 3. The molecule has 0 spiro atoms. The maximum absolute atomic E-state index is 11.4. The van der Waals surface area contributed by atoms with Crippen molar-refractivity contribution < 1.29 is 34.4 Å². The molecule has 0 bridgehead atoms. The first-order valence-corrected chi connectivity index (χ1v) is 5.49. The number of hydrogen-bond donors (Lipinski definition) is 3. The predicted octanol–water partition coefficient (Wildman–Crippen LogP) is -1.08. The van der Waals surface area contributed by atoms with Gasteiger partial charge in [0, 0.05) is 6.08 Å². The fourth-order valence-electron chi connectivity index (χ4n) is 1.02. The van der Waals surface area contributed by atoms with Crippen molar-refractivity contribution in [3.63, 3.8) is 0 Å². The van der Waals surface area contributed by atoms with E-state index in [1.54, 1.807) is 0 Å². The van der Waals surface area contributed by atoms with E-state index in [9.17, 15) is 14.7 Å². The van der Waals surface area contributed by atoms with E-state index in [4.69, 9.17) is 19.7 Å². The number of aliphatic hydroxyl groups is 3. The highest BCUT2D eigenvalue weighted by Crippen LogP contribution is 2.07. The summed E-state index contributed by atoms with van der Waals surface area (Å²) in [5.74, 6) is -1.61.